The van der Waals surface area contributed by atoms with Crippen LogP contribution in [0.15, 0.2) is 18.2 Å². The average molecular weight is 461 g/mol. The lowest BCUT2D eigenvalue weighted by Crippen LogP contribution is -2.34. The van der Waals surface area contributed by atoms with E-state index in [1.807, 2.05) is 19.9 Å². The molecule has 33 heavy (non-hydrogen) atoms. The topological polar surface area (TPSA) is 95.8 Å². The smallest absolute Gasteiger partial charge is 0.201 e. The first-order chi connectivity index (χ1) is 15.7. The maximum Gasteiger partial charge on any atom is 0.201 e. The van der Waals surface area contributed by atoms with Gasteiger partial charge in [0.1, 0.15) is 0 Å². The Labute approximate surface area is 193 Å². The van der Waals surface area contributed by atoms with E-state index >= 15 is 0 Å². The first-order valence-corrected chi connectivity index (χ1v) is 10.9. The highest BCUT2D eigenvalue weighted by Gasteiger charge is 2.44. The molecule has 180 valence electrons. The van der Waals surface area contributed by atoms with Crippen molar-refractivity contribution in [1.29, 1.82) is 0 Å². The Morgan fingerprint density at radius 1 is 0.818 bits per heavy atom. The second kappa shape index (κ2) is 8.83. The van der Waals surface area contributed by atoms with Crippen LogP contribution in [0.5, 0.6) is 34.5 Å². The number of phenolic OH excluding ortho intramolecular Hbond substituents is 2. The van der Waals surface area contributed by atoms with Crippen LogP contribution in [-0.4, -0.2) is 57.7 Å². The molecule has 1 aliphatic heterocycles. The van der Waals surface area contributed by atoms with Gasteiger partial charge in [-0.15, -0.1) is 0 Å². The second-order valence-electron chi connectivity index (χ2n) is 8.94. The number of fused-ring (bicyclic) bond motifs is 2. The number of benzene rings is 2. The molecule has 1 aliphatic carbocycles. The summed E-state index contributed by atoms with van der Waals surface area (Å²) in [5.41, 5.74) is 2.71. The van der Waals surface area contributed by atoms with Gasteiger partial charge in [-0.3, -0.25) is 0 Å². The van der Waals surface area contributed by atoms with Crippen molar-refractivity contribution < 1.29 is 38.6 Å². The Morgan fingerprint density at radius 3 is 1.97 bits per heavy atom. The van der Waals surface area contributed by atoms with E-state index in [0.29, 0.717) is 36.2 Å². The monoisotopic (exact) mass is 460 g/mol. The molecule has 1 fully saturated rings. The predicted octanol–water partition coefficient (Wildman–Crippen LogP) is 3.84. The fraction of sp³-hybridized carbons (Fsp3) is 0.520. The van der Waals surface area contributed by atoms with Crippen LogP contribution in [0.2, 0.25) is 0 Å². The zero-order valence-electron chi connectivity index (χ0n) is 19.9. The molecule has 2 aromatic carbocycles. The van der Waals surface area contributed by atoms with Gasteiger partial charge in [0.2, 0.25) is 11.5 Å². The standard InChI is InChI=1S/C25H32O8/c1-25(2)32-11-15-7-13-8-19(30-5)23(27)24(31-6)21(13)20(16(15)12-33-25)14-9-17(28-3)22(26)18(10-14)29-4/h8-10,15-16,20,26-27H,7,11-12H2,1-6H3/t15-,16-,20+/m0/s1. The highest BCUT2D eigenvalue weighted by atomic mass is 16.7. The van der Waals surface area contributed by atoms with Crippen LogP contribution in [0.1, 0.15) is 36.5 Å². The molecule has 1 saturated heterocycles. The summed E-state index contributed by atoms with van der Waals surface area (Å²) < 4.78 is 34.2. The third kappa shape index (κ3) is 4.02. The van der Waals surface area contributed by atoms with Gasteiger partial charge in [-0.1, -0.05) is 0 Å². The number of phenols is 2. The van der Waals surface area contributed by atoms with Gasteiger partial charge >= 0.3 is 0 Å². The lowest BCUT2D eigenvalue weighted by molar-refractivity contribution is -0.202. The molecule has 8 nitrogen and oxygen atoms in total. The van der Waals surface area contributed by atoms with E-state index in [0.717, 1.165) is 23.1 Å². The molecule has 1 heterocycles. The molecular formula is C25H32O8. The number of hydrogen-bond donors (Lipinski definition) is 2. The third-order valence-corrected chi connectivity index (χ3v) is 6.72. The van der Waals surface area contributed by atoms with Crippen LogP contribution >= 0.6 is 0 Å². The van der Waals surface area contributed by atoms with E-state index in [-0.39, 0.29) is 29.3 Å². The van der Waals surface area contributed by atoms with Gasteiger partial charge in [-0.2, -0.15) is 0 Å². The molecule has 0 amide bonds. The molecule has 8 heteroatoms. The number of rotatable bonds is 5. The van der Waals surface area contributed by atoms with E-state index in [1.54, 1.807) is 12.1 Å². The van der Waals surface area contributed by atoms with Gasteiger partial charge in [0.05, 0.1) is 41.7 Å². The number of aromatic hydroxyl groups is 2. The fourth-order valence-corrected chi connectivity index (χ4v) is 5.05. The van der Waals surface area contributed by atoms with E-state index in [9.17, 15) is 10.2 Å². The van der Waals surface area contributed by atoms with Crippen LogP contribution in [0.3, 0.4) is 0 Å². The predicted molar refractivity (Wildman–Crippen MR) is 121 cm³/mol. The minimum absolute atomic E-state index is 0.0138. The summed E-state index contributed by atoms with van der Waals surface area (Å²) in [5, 5.41) is 21.4. The van der Waals surface area contributed by atoms with Crippen molar-refractivity contribution in [2.24, 2.45) is 11.8 Å². The summed E-state index contributed by atoms with van der Waals surface area (Å²) in [6.45, 7) is 4.79. The first kappa shape index (κ1) is 23.3. The Kier molecular flexibility index (Phi) is 6.24. The summed E-state index contributed by atoms with van der Waals surface area (Å²) >= 11 is 0. The summed E-state index contributed by atoms with van der Waals surface area (Å²) in [6, 6.07) is 5.46. The molecule has 0 aromatic heterocycles. The maximum absolute atomic E-state index is 10.9. The maximum atomic E-state index is 10.9. The lowest BCUT2D eigenvalue weighted by Gasteiger charge is -2.39. The van der Waals surface area contributed by atoms with Crippen molar-refractivity contribution in [3.8, 4) is 34.5 Å². The normalized spacial score (nSPS) is 23.6. The van der Waals surface area contributed by atoms with Crippen LogP contribution < -0.4 is 18.9 Å². The van der Waals surface area contributed by atoms with E-state index in [2.05, 4.69) is 0 Å². The Bertz CT molecular complexity index is 1010. The molecule has 2 aliphatic rings. The van der Waals surface area contributed by atoms with Crippen molar-refractivity contribution in [1.82, 2.24) is 0 Å². The van der Waals surface area contributed by atoms with Crippen molar-refractivity contribution in [2.45, 2.75) is 32.0 Å². The first-order valence-electron chi connectivity index (χ1n) is 10.9. The molecule has 0 spiro atoms. The van der Waals surface area contributed by atoms with Gasteiger partial charge in [-0.25, -0.2) is 0 Å². The summed E-state index contributed by atoms with van der Waals surface area (Å²) in [7, 11) is 6.05. The second-order valence-corrected chi connectivity index (χ2v) is 8.94. The molecule has 3 atom stereocenters. The average Bonchev–Trinajstić information content (AvgIpc) is 2.95. The SMILES string of the molecule is COc1cc([C@H]2c3c(cc(OC)c(O)c3OC)C[C@H]3COC(C)(C)OC[C@@H]32)cc(OC)c1O. The zero-order chi connectivity index (χ0) is 23.9. The van der Waals surface area contributed by atoms with Gasteiger partial charge < -0.3 is 38.6 Å². The minimum Gasteiger partial charge on any atom is -0.502 e. The van der Waals surface area contributed by atoms with Gasteiger partial charge in [0, 0.05) is 11.5 Å². The molecule has 0 radical (unpaired) electrons. The number of hydrogen-bond acceptors (Lipinski definition) is 8. The minimum atomic E-state index is -0.706. The van der Waals surface area contributed by atoms with Crippen molar-refractivity contribution in [2.75, 3.05) is 41.7 Å². The summed E-state index contributed by atoms with van der Waals surface area (Å²) in [6.07, 6.45) is 0.718. The molecule has 2 aromatic rings. The Morgan fingerprint density at radius 2 is 1.39 bits per heavy atom. The summed E-state index contributed by atoms with van der Waals surface area (Å²) in [5.74, 6) is 0.418. The molecule has 0 saturated carbocycles. The fourth-order valence-electron chi connectivity index (χ4n) is 5.05. The number of methoxy groups -OCH3 is 4. The summed E-state index contributed by atoms with van der Waals surface area (Å²) in [4.78, 5) is 0. The van der Waals surface area contributed by atoms with Gasteiger partial charge in [0.25, 0.3) is 0 Å². The van der Waals surface area contributed by atoms with Crippen molar-refractivity contribution in [3.63, 3.8) is 0 Å². The van der Waals surface area contributed by atoms with Gasteiger partial charge in [0.15, 0.2) is 28.8 Å². The van der Waals surface area contributed by atoms with Crippen LogP contribution in [0, 0.1) is 11.8 Å². The molecule has 2 N–H and O–H groups in total. The lowest BCUT2D eigenvalue weighted by atomic mass is 9.66. The quantitative estimate of drug-likeness (QED) is 0.695. The highest BCUT2D eigenvalue weighted by Crippen LogP contribution is 2.55. The van der Waals surface area contributed by atoms with Crippen LogP contribution in [0.25, 0.3) is 0 Å². The van der Waals surface area contributed by atoms with Crippen LogP contribution in [-0.2, 0) is 15.9 Å². The van der Waals surface area contributed by atoms with Crippen molar-refractivity contribution >= 4 is 0 Å². The Hall–Kier alpha value is -2.84. The third-order valence-electron chi connectivity index (χ3n) is 6.72. The largest absolute Gasteiger partial charge is 0.502 e. The van der Waals surface area contributed by atoms with E-state index < -0.39 is 5.79 Å². The molecule has 4 rings (SSSR count). The molecule has 0 bridgehead atoms. The van der Waals surface area contributed by atoms with Gasteiger partial charge in [-0.05, 0) is 61.4 Å². The van der Waals surface area contributed by atoms with Crippen molar-refractivity contribution in [3.05, 3.63) is 34.9 Å². The van der Waals surface area contributed by atoms with Crippen LogP contribution in [0.4, 0.5) is 0 Å². The molecular weight excluding hydrogens is 428 g/mol. The highest BCUT2D eigenvalue weighted by molar-refractivity contribution is 5.64. The molecule has 0 unspecified atom stereocenters. The van der Waals surface area contributed by atoms with E-state index in [1.165, 1.54) is 28.4 Å². The zero-order valence-corrected chi connectivity index (χ0v) is 19.9. The number of ether oxygens (including phenoxy) is 6. The van der Waals surface area contributed by atoms with E-state index in [4.69, 9.17) is 28.4 Å². The Balaban J connectivity index is 1.98.